The summed E-state index contributed by atoms with van der Waals surface area (Å²) < 4.78 is 0. The minimum Gasteiger partial charge on any atom is -0.356 e. The number of hydrogen-bond acceptors (Lipinski definition) is 1. The molecule has 2 fully saturated rings. The monoisotopic (exact) mass is 209 g/mol. The maximum Gasteiger partial charge on any atom is 0.223 e. The Hall–Kier alpha value is -0.530. The normalized spacial score (nSPS) is 32.5. The molecule has 0 aromatic rings. The number of nitrogens with one attached hydrogen (secondary N) is 1. The molecule has 0 radical (unpaired) electrons. The lowest BCUT2D eigenvalue weighted by atomic mass is 10.0. The van der Waals surface area contributed by atoms with E-state index in [4.69, 9.17) is 0 Å². The van der Waals surface area contributed by atoms with E-state index in [1.54, 1.807) is 0 Å². The molecular formula is C13H23NO. The van der Waals surface area contributed by atoms with E-state index in [-0.39, 0.29) is 0 Å². The van der Waals surface area contributed by atoms with Crippen molar-refractivity contribution in [3.8, 4) is 0 Å². The van der Waals surface area contributed by atoms with Gasteiger partial charge in [-0.1, -0.05) is 26.2 Å². The van der Waals surface area contributed by atoms with Gasteiger partial charge in [0.25, 0.3) is 0 Å². The first kappa shape index (κ1) is 11.0. The van der Waals surface area contributed by atoms with E-state index in [2.05, 4.69) is 12.2 Å². The maximum atomic E-state index is 11.7. The van der Waals surface area contributed by atoms with Crippen LogP contribution in [0.5, 0.6) is 0 Å². The van der Waals surface area contributed by atoms with Gasteiger partial charge in [0.15, 0.2) is 0 Å². The molecule has 0 heterocycles. The zero-order valence-electron chi connectivity index (χ0n) is 9.80. The summed E-state index contributed by atoms with van der Waals surface area (Å²) in [6.07, 6.45) is 8.71. The molecule has 0 aromatic heterocycles. The smallest absolute Gasteiger partial charge is 0.223 e. The molecule has 0 aliphatic heterocycles. The summed E-state index contributed by atoms with van der Waals surface area (Å²) in [5.41, 5.74) is 0. The third kappa shape index (κ3) is 2.96. The van der Waals surface area contributed by atoms with Crippen molar-refractivity contribution < 1.29 is 4.79 Å². The van der Waals surface area contributed by atoms with E-state index >= 15 is 0 Å². The Morgan fingerprint density at radius 2 is 1.87 bits per heavy atom. The van der Waals surface area contributed by atoms with Crippen molar-refractivity contribution in [2.24, 2.45) is 17.8 Å². The highest BCUT2D eigenvalue weighted by atomic mass is 16.1. The van der Waals surface area contributed by atoms with E-state index < -0.39 is 0 Å². The maximum absolute atomic E-state index is 11.7. The van der Waals surface area contributed by atoms with E-state index in [0.29, 0.717) is 11.8 Å². The lowest BCUT2D eigenvalue weighted by molar-refractivity contribution is -0.125. The van der Waals surface area contributed by atoms with Gasteiger partial charge < -0.3 is 5.32 Å². The van der Waals surface area contributed by atoms with E-state index in [9.17, 15) is 4.79 Å². The van der Waals surface area contributed by atoms with Gasteiger partial charge in [0.2, 0.25) is 5.91 Å². The van der Waals surface area contributed by atoms with Crippen LogP contribution in [0.15, 0.2) is 0 Å². The highest BCUT2D eigenvalue weighted by Gasteiger charge is 2.47. The Morgan fingerprint density at radius 3 is 2.53 bits per heavy atom. The topological polar surface area (TPSA) is 29.1 Å². The highest BCUT2D eigenvalue weighted by molar-refractivity contribution is 5.79. The number of rotatable bonds is 6. The van der Waals surface area contributed by atoms with Crippen molar-refractivity contribution >= 4 is 5.91 Å². The van der Waals surface area contributed by atoms with E-state index in [1.807, 2.05) is 0 Å². The Labute approximate surface area is 92.8 Å². The van der Waals surface area contributed by atoms with Gasteiger partial charge >= 0.3 is 0 Å². The van der Waals surface area contributed by atoms with Gasteiger partial charge in [-0.15, -0.1) is 0 Å². The SMILES string of the molecule is CCCCCCNC(=O)C1CC2CC2C1. The summed E-state index contributed by atoms with van der Waals surface area (Å²) in [5.74, 6) is 2.53. The average Bonchev–Trinajstić information content (AvgIpc) is 2.85. The zero-order valence-corrected chi connectivity index (χ0v) is 9.80. The van der Waals surface area contributed by atoms with Crippen LogP contribution in [0.4, 0.5) is 0 Å². The fourth-order valence-electron chi connectivity index (χ4n) is 2.84. The number of amides is 1. The van der Waals surface area contributed by atoms with E-state index in [1.165, 1.54) is 38.5 Å². The van der Waals surface area contributed by atoms with Crippen molar-refractivity contribution in [2.75, 3.05) is 6.54 Å². The summed E-state index contributed by atoms with van der Waals surface area (Å²) in [5, 5.41) is 3.09. The summed E-state index contributed by atoms with van der Waals surface area (Å²) in [6.45, 7) is 3.11. The first-order chi connectivity index (χ1) is 7.31. The molecule has 2 atom stereocenters. The molecular weight excluding hydrogens is 186 g/mol. The number of hydrogen-bond donors (Lipinski definition) is 1. The van der Waals surface area contributed by atoms with Gasteiger partial charge in [0, 0.05) is 12.5 Å². The summed E-state index contributed by atoms with van der Waals surface area (Å²) >= 11 is 0. The average molecular weight is 209 g/mol. The minimum atomic E-state index is 0.332. The summed E-state index contributed by atoms with van der Waals surface area (Å²) in [6, 6.07) is 0. The third-order valence-electron chi connectivity index (χ3n) is 3.94. The second-order valence-electron chi connectivity index (χ2n) is 5.28. The highest BCUT2D eigenvalue weighted by Crippen LogP contribution is 2.54. The van der Waals surface area contributed by atoms with Crippen LogP contribution in [0.2, 0.25) is 0 Å². The summed E-state index contributed by atoms with van der Waals surface area (Å²) in [4.78, 5) is 11.7. The number of unbranched alkanes of at least 4 members (excludes halogenated alkanes) is 3. The number of carbonyl (C=O) groups is 1. The van der Waals surface area contributed by atoms with Gasteiger partial charge in [0.1, 0.15) is 0 Å². The second-order valence-corrected chi connectivity index (χ2v) is 5.28. The van der Waals surface area contributed by atoms with Crippen LogP contribution in [0.1, 0.15) is 51.9 Å². The summed E-state index contributed by atoms with van der Waals surface area (Å²) in [7, 11) is 0. The second kappa shape index (κ2) is 5.00. The van der Waals surface area contributed by atoms with Crippen molar-refractivity contribution in [3.63, 3.8) is 0 Å². The lowest BCUT2D eigenvalue weighted by Crippen LogP contribution is -2.30. The molecule has 2 heteroatoms. The molecule has 2 rings (SSSR count). The van der Waals surface area contributed by atoms with Crippen molar-refractivity contribution in [1.82, 2.24) is 5.32 Å². The molecule has 1 N–H and O–H groups in total. The molecule has 2 saturated carbocycles. The standard InChI is InChI=1S/C13H23NO/c1-2-3-4-5-6-14-13(15)12-8-10-7-11(10)9-12/h10-12H,2-9H2,1H3,(H,14,15). The molecule has 0 saturated heterocycles. The van der Waals surface area contributed by atoms with E-state index in [0.717, 1.165) is 24.8 Å². The quantitative estimate of drug-likeness (QED) is 0.670. The molecule has 2 unspecified atom stereocenters. The molecule has 2 nitrogen and oxygen atoms in total. The lowest BCUT2D eigenvalue weighted by Gasteiger charge is -2.11. The first-order valence-electron chi connectivity index (χ1n) is 6.59. The van der Waals surface area contributed by atoms with Gasteiger partial charge in [-0.3, -0.25) is 4.79 Å². The van der Waals surface area contributed by atoms with Crippen LogP contribution >= 0.6 is 0 Å². The molecule has 0 bridgehead atoms. The largest absolute Gasteiger partial charge is 0.356 e. The minimum absolute atomic E-state index is 0.332. The fraction of sp³-hybridized carbons (Fsp3) is 0.923. The molecule has 2 aliphatic carbocycles. The van der Waals surface area contributed by atoms with Crippen LogP contribution in [0.25, 0.3) is 0 Å². The van der Waals surface area contributed by atoms with Gasteiger partial charge in [-0.05, 0) is 37.5 Å². The van der Waals surface area contributed by atoms with Crippen molar-refractivity contribution in [1.29, 1.82) is 0 Å². The number of fused-ring (bicyclic) bond motifs is 1. The Kier molecular flexibility index (Phi) is 3.66. The van der Waals surface area contributed by atoms with Crippen molar-refractivity contribution in [2.45, 2.75) is 51.9 Å². The number of carbonyl (C=O) groups excluding carboxylic acids is 1. The Bertz CT molecular complexity index is 217. The van der Waals surface area contributed by atoms with Crippen LogP contribution in [-0.4, -0.2) is 12.5 Å². The zero-order chi connectivity index (χ0) is 10.7. The first-order valence-corrected chi connectivity index (χ1v) is 6.59. The van der Waals surface area contributed by atoms with Crippen molar-refractivity contribution in [3.05, 3.63) is 0 Å². The fourth-order valence-corrected chi connectivity index (χ4v) is 2.84. The molecule has 86 valence electrons. The van der Waals surface area contributed by atoms with Gasteiger partial charge in [-0.2, -0.15) is 0 Å². The van der Waals surface area contributed by atoms with Crippen LogP contribution in [0, 0.1) is 17.8 Å². The van der Waals surface area contributed by atoms with Crippen LogP contribution in [0.3, 0.4) is 0 Å². The van der Waals surface area contributed by atoms with Gasteiger partial charge in [-0.25, -0.2) is 0 Å². The molecule has 1 amide bonds. The predicted octanol–water partition coefficient (Wildman–Crippen LogP) is 2.73. The van der Waals surface area contributed by atoms with Gasteiger partial charge in [0.05, 0.1) is 0 Å². The molecule has 15 heavy (non-hydrogen) atoms. The molecule has 2 aliphatic rings. The predicted molar refractivity (Wildman–Crippen MR) is 61.5 cm³/mol. The Morgan fingerprint density at radius 1 is 1.13 bits per heavy atom. The molecule has 0 spiro atoms. The molecule has 0 aromatic carbocycles. The van der Waals surface area contributed by atoms with Crippen LogP contribution < -0.4 is 5.32 Å². The third-order valence-corrected chi connectivity index (χ3v) is 3.94. The van der Waals surface area contributed by atoms with Crippen LogP contribution in [-0.2, 0) is 4.79 Å². The Balaban J connectivity index is 1.53.